The summed E-state index contributed by atoms with van der Waals surface area (Å²) in [6.45, 7) is 0. The molecule has 0 amide bonds. The van der Waals surface area contributed by atoms with E-state index in [4.69, 9.17) is 0 Å². The first-order valence-electron chi connectivity index (χ1n) is 6.14. The van der Waals surface area contributed by atoms with E-state index in [-0.39, 0.29) is 16.9 Å². The number of aromatic nitrogens is 1. The van der Waals surface area contributed by atoms with Crippen molar-refractivity contribution in [3.05, 3.63) is 50.3 Å². The Bertz CT molecular complexity index is 830. The van der Waals surface area contributed by atoms with Crippen LogP contribution in [0.15, 0.2) is 29.1 Å². The molecule has 0 aliphatic heterocycles. The minimum atomic E-state index is -4.62. The molecule has 0 aliphatic rings. The zero-order valence-corrected chi connectivity index (χ0v) is 11.6. The maximum Gasteiger partial charge on any atom is 0.416 e. The Morgan fingerprint density at radius 1 is 1.26 bits per heavy atom. The van der Waals surface area contributed by atoms with Crippen LogP contribution in [0.5, 0.6) is 5.75 Å². The number of H-pyrrole nitrogens is 1. The second kappa shape index (κ2) is 5.63. The summed E-state index contributed by atoms with van der Waals surface area (Å²) in [6.07, 6.45) is -4.62. The van der Waals surface area contributed by atoms with Crippen LogP contribution in [0.3, 0.4) is 0 Å². The summed E-state index contributed by atoms with van der Waals surface area (Å²) in [6, 6.07) is 3.75. The van der Waals surface area contributed by atoms with Crippen LogP contribution in [0.1, 0.15) is 5.56 Å². The number of hydrogen-bond acceptors (Lipinski definition) is 5. The maximum absolute atomic E-state index is 12.9. The Balaban J connectivity index is 2.67. The van der Waals surface area contributed by atoms with Crippen LogP contribution in [-0.4, -0.2) is 22.1 Å². The van der Waals surface area contributed by atoms with E-state index in [1.165, 1.54) is 13.1 Å². The molecule has 3 N–H and O–H groups in total. The van der Waals surface area contributed by atoms with E-state index < -0.39 is 33.7 Å². The summed E-state index contributed by atoms with van der Waals surface area (Å²) in [5.41, 5.74) is -3.39. The first-order chi connectivity index (χ1) is 10.6. The van der Waals surface area contributed by atoms with Crippen molar-refractivity contribution in [1.29, 1.82) is 0 Å². The van der Waals surface area contributed by atoms with Gasteiger partial charge in [0.1, 0.15) is 0 Å². The molecule has 0 saturated heterocycles. The predicted octanol–water partition coefficient (Wildman–Crippen LogP) is 2.72. The fourth-order valence-electron chi connectivity index (χ4n) is 1.96. The van der Waals surface area contributed by atoms with E-state index in [0.29, 0.717) is 0 Å². The number of pyridine rings is 1. The molecular formula is C13H10F3N3O4. The van der Waals surface area contributed by atoms with Crippen molar-refractivity contribution >= 4 is 11.4 Å². The van der Waals surface area contributed by atoms with Crippen molar-refractivity contribution in [3.8, 4) is 17.0 Å². The molecule has 122 valence electrons. The highest BCUT2D eigenvalue weighted by Crippen LogP contribution is 2.35. The monoisotopic (exact) mass is 329 g/mol. The molecule has 23 heavy (non-hydrogen) atoms. The minimum absolute atomic E-state index is 0.0635. The number of nitrogens with zero attached hydrogens (tertiary/aromatic N) is 1. The number of hydrogen-bond donors (Lipinski definition) is 3. The number of nitro groups is 1. The molecule has 1 heterocycles. The highest BCUT2D eigenvalue weighted by molar-refractivity contribution is 5.69. The van der Waals surface area contributed by atoms with Crippen LogP contribution in [0.2, 0.25) is 0 Å². The van der Waals surface area contributed by atoms with Crippen LogP contribution < -0.4 is 10.9 Å². The topological polar surface area (TPSA) is 108 Å². The standard InChI is InChI=1S/C13H10F3N3O4/c1-17-8-3-6(2-7(4-8)13(14,15)16)9-5-10(20)11(19(22)23)12(21)18-9/h2-5,17H,1H3,(H2,18,20,21). The van der Waals surface area contributed by atoms with Crippen molar-refractivity contribution < 1.29 is 23.2 Å². The van der Waals surface area contributed by atoms with Gasteiger partial charge in [-0.2, -0.15) is 13.2 Å². The van der Waals surface area contributed by atoms with Gasteiger partial charge in [0.2, 0.25) is 5.75 Å². The van der Waals surface area contributed by atoms with Gasteiger partial charge in [0.05, 0.1) is 16.2 Å². The fraction of sp³-hybridized carbons (Fsp3) is 0.154. The lowest BCUT2D eigenvalue weighted by atomic mass is 10.1. The third-order valence-electron chi connectivity index (χ3n) is 3.03. The number of aromatic amines is 1. The van der Waals surface area contributed by atoms with Gasteiger partial charge in [0.15, 0.2) is 0 Å². The lowest BCUT2D eigenvalue weighted by molar-refractivity contribution is -0.387. The number of nitrogens with one attached hydrogen (secondary N) is 2. The molecule has 10 heteroatoms. The molecule has 0 bridgehead atoms. The highest BCUT2D eigenvalue weighted by Gasteiger charge is 2.31. The largest absolute Gasteiger partial charge is 0.502 e. The van der Waals surface area contributed by atoms with E-state index in [1.807, 2.05) is 0 Å². The Morgan fingerprint density at radius 3 is 2.39 bits per heavy atom. The number of anilines is 1. The van der Waals surface area contributed by atoms with Gasteiger partial charge in [-0.3, -0.25) is 14.9 Å². The summed E-state index contributed by atoms with van der Waals surface area (Å²) in [5, 5.41) is 22.7. The zero-order chi connectivity index (χ0) is 17.4. The minimum Gasteiger partial charge on any atom is -0.502 e. The molecule has 1 aromatic heterocycles. The first kappa shape index (κ1) is 16.3. The number of rotatable bonds is 3. The SMILES string of the molecule is CNc1cc(-c2cc(O)c([N+](=O)[O-])c(=O)[nH]2)cc(C(F)(F)F)c1. The summed E-state index contributed by atoms with van der Waals surface area (Å²) < 4.78 is 38.7. The van der Waals surface area contributed by atoms with Gasteiger partial charge in [-0.1, -0.05) is 0 Å². The Kier molecular flexibility index (Phi) is 4.00. The number of halogens is 3. The van der Waals surface area contributed by atoms with Crippen molar-refractivity contribution in [2.24, 2.45) is 0 Å². The predicted molar refractivity (Wildman–Crippen MR) is 75.4 cm³/mol. The quantitative estimate of drug-likeness (QED) is 0.593. The fourth-order valence-corrected chi connectivity index (χ4v) is 1.96. The van der Waals surface area contributed by atoms with Gasteiger partial charge in [0.25, 0.3) is 0 Å². The van der Waals surface area contributed by atoms with Crippen LogP contribution >= 0.6 is 0 Å². The van der Waals surface area contributed by atoms with E-state index in [9.17, 15) is 33.2 Å². The molecule has 0 fully saturated rings. The maximum atomic E-state index is 12.9. The van der Waals surface area contributed by atoms with Gasteiger partial charge >= 0.3 is 17.4 Å². The molecule has 2 rings (SSSR count). The average Bonchev–Trinajstić information content (AvgIpc) is 2.44. The third-order valence-corrected chi connectivity index (χ3v) is 3.03. The van der Waals surface area contributed by atoms with E-state index in [1.54, 1.807) is 0 Å². The van der Waals surface area contributed by atoms with E-state index in [0.717, 1.165) is 18.2 Å². The molecule has 0 atom stereocenters. The third kappa shape index (κ3) is 3.25. The van der Waals surface area contributed by atoms with Gasteiger partial charge < -0.3 is 15.4 Å². The number of aromatic hydroxyl groups is 1. The van der Waals surface area contributed by atoms with Gasteiger partial charge in [0, 0.05) is 24.4 Å². The lowest BCUT2D eigenvalue weighted by Gasteiger charge is -2.12. The van der Waals surface area contributed by atoms with E-state index in [2.05, 4.69) is 10.3 Å². The summed E-state index contributed by atoms with van der Waals surface area (Å²) in [7, 11) is 1.41. The van der Waals surface area contributed by atoms with Crippen molar-refractivity contribution in [3.63, 3.8) is 0 Å². The second-order valence-corrected chi connectivity index (χ2v) is 4.55. The molecule has 1 aromatic carbocycles. The molecule has 0 saturated carbocycles. The van der Waals surface area contributed by atoms with Crippen LogP contribution in [0.4, 0.5) is 24.5 Å². The molecule has 0 spiro atoms. The Hall–Kier alpha value is -3.04. The van der Waals surface area contributed by atoms with Crippen molar-refractivity contribution in [2.45, 2.75) is 6.18 Å². The van der Waals surface area contributed by atoms with Crippen molar-refractivity contribution in [1.82, 2.24) is 4.98 Å². The smallest absolute Gasteiger partial charge is 0.416 e. The van der Waals surface area contributed by atoms with Crippen LogP contribution in [0.25, 0.3) is 11.3 Å². The average molecular weight is 329 g/mol. The van der Waals surface area contributed by atoms with Gasteiger partial charge in [-0.15, -0.1) is 0 Å². The second-order valence-electron chi connectivity index (χ2n) is 4.55. The summed E-state index contributed by atoms with van der Waals surface area (Å²) >= 11 is 0. The molecule has 0 unspecified atom stereocenters. The normalized spacial score (nSPS) is 11.3. The molecule has 2 aromatic rings. The van der Waals surface area contributed by atoms with E-state index >= 15 is 0 Å². The molecule has 7 nitrogen and oxygen atoms in total. The Labute approximate surface area is 126 Å². The highest BCUT2D eigenvalue weighted by atomic mass is 19.4. The van der Waals surface area contributed by atoms with Gasteiger partial charge in [-0.25, -0.2) is 0 Å². The molecule has 0 radical (unpaired) electrons. The van der Waals surface area contributed by atoms with Gasteiger partial charge in [-0.05, 0) is 18.2 Å². The van der Waals surface area contributed by atoms with Crippen LogP contribution in [-0.2, 0) is 6.18 Å². The summed E-state index contributed by atoms with van der Waals surface area (Å²) in [4.78, 5) is 23.3. The van der Waals surface area contributed by atoms with Crippen LogP contribution in [0, 0.1) is 10.1 Å². The Morgan fingerprint density at radius 2 is 1.91 bits per heavy atom. The first-order valence-corrected chi connectivity index (χ1v) is 6.14. The molecular weight excluding hydrogens is 319 g/mol. The number of benzene rings is 1. The van der Waals surface area contributed by atoms with Crippen molar-refractivity contribution in [2.75, 3.05) is 12.4 Å². The zero-order valence-electron chi connectivity index (χ0n) is 11.6. The number of alkyl halides is 3. The summed E-state index contributed by atoms with van der Waals surface area (Å²) in [5.74, 6) is -0.933. The lowest BCUT2D eigenvalue weighted by Crippen LogP contribution is -2.12. The molecule has 0 aliphatic carbocycles.